The maximum atomic E-state index is 9.67. The molecule has 1 saturated heterocycles. The van der Waals surface area contributed by atoms with Gasteiger partial charge < -0.3 is 19.7 Å². The summed E-state index contributed by atoms with van der Waals surface area (Å²) in [6.07, 6.45) is -0.711. The van der Waals surface area contributed by atoms with E-state index in [1.807, 2.05) is 30.3 Å². The lowest BCUT2D eigenvalue weighted by atomic mass is 10.1. The highest BCUT2D eigenvalue weighted by molar-refractivity contribution is 5.13. The van der Waals surface area contributed by atoms with Crippen molar-refractivity contribution in [1.29, 1.82) is 0 Å². The monoisotopic (exact) mass is 238 g/mol. The van der Waals surface area contributed by atoms with E-state index in [4.69, 9.17) is 9.47 Å². The van der Waals surface area contributed by atoms with Crippen LogP contribution in [-0.2, 0) is 16.1 Å². The van der Waals surface area contributed by atoms with Crippen molar-refractivity contribution in [3.05, 3.63) is 35.9 Å². The Morgan fingerprint density at radius 3 is 2.71 bits per heavy atom. The Kier molecular flexibility index (Phi) is 4.50. The largest absolute Gasteiger partial charge is 0.390 e. The SMILES string of the molecule is O[C@@H]1CC[C@@H](O)[C@@H](COCc2ccccc2)O1. The standard InChI is InChI=1S/C13H18O4/c14-11-6-7-13(15)17-12(11)9-16-8-10-4-2-1-3-5-10/h1-5,11-15H,6-9H2/t11-,12-,13+/m1/s1. The molecule has 0 unspecified atom stereocenters. The van der Waals surface area contributed by atoms with Crippen molar-refractivity contribution in [2.45, 2.75) is 37.9 Å². The van der Waals surface area contributed by atoms with Crippen LogP contribution in [0.3, 0.4) is 0 Å². The fourth-order valence-electron chi connectivity index (χ4n) is 1.88. The molecule has 0 radical (unpaired) electrons. The summed E-state index contributed by atoms with van der Waals surface area (Å²) >= 11 is 0. The van der Waals surface area contributed by atoms with Gasteiger partial charge >= 0.3 is 0 Å². The zero-order valence-electron chi connectivity index (χ0n) is 9.66. The van der Waals surface area contributed by atoms with Crippen LogP contribution in [0.5, 0.6) is 0 Å². The average Bonchev–Trinajstić information content (AvgIpc) is 2.35. The summed E-state index contributed by atoms with van der Waals surface area (Å²) in [4.78, 5) is 0. The topological polar surface area (TPSA) is 58.9 Å². The molecule has 2 rings (SSSR count). The highest BCUT2D eigenvalue weighted by Gasteiger charge is 2.28. The molecule has 1 aliphatic heterocycles. The highest BCUT2D eigenvalue weighted by atomic mass is 16.6. The molecule has 0 saturated carbocycles. The van der Waals surface area contributed by atoms with E-state index in [0.717, 1.165) is 5.56 Å². The van der Waals surface area contributed by atoms with Crippen LogP contribution in [0.25, 0.3) is 0 Å². The Balaban J connectivity index is 1.74. The summed E-state index contributed by atoms with van der Waals surface area (Å²) in [5.74, 6) is 0. The third-order valence-electron chi connectivity index (χ3n) is 2.86. The van der Waals surface area contributed by atoms with E-state index in [2.05, 4.69) is 0 Å². The quantitative estimate of drug-likeness (QED) is 0.823. The molecule has 94 valence electrons. The Hall–Kier alpha value is -0.940. The van der Waals surface area contributed by atoms with E-state index in [9.17, 15) is 10.2 Å². The molecule has 0 aromatic heterocycles. The minimum atomic E-state index is -0.774. The smallest absolute Gasteiger partial charge is 0.155 e. The zero-order valence-corrected chi connectivity index (χ0v) is 9.66. The predicted molar refractivity (Wildman–Crippen MR) is 62.2 cm³/mol. The molecule has 1 heterocycles. The van der Waals surface area contributed by atoms with Crippen LogP contribution in [0.2, 0.25) is 0 Å². The fraction of sp³-hybridized carbons (Fsp3) is 0.538. The Bertz CT molecular complexity index is 327. The van der Waals surface area contributed by atoms with Crippen LogP contribution in [0.15, 0.2) is 30.3 Å². The van der Waals surface area contributed by atoms with Gasteiger partial charge in [-0.1, -0.05) is 30.3 Å². The summed E-state index contributed by atoms with van der Waals surface area (Å²) in [5, 5.41) is 19.0. The van der Waals surface area contributed by atoms with Crippen molar-refractivity contribution < 1.29 is 19.7 Å². The molecule has 0 spiro atoms. The van der Waals surface area contributed by atoms with Crippen LogP contribution in [-0.4, -0.2) is 35.3 Å². The van der Waals surface area contributed by atoms with Crippen LogP contribution >= 0.6 is 0 Å². The number of aliphatic hydroxyl groups is 2. The van der Waals surface area contributed by atoms with Gasteiger partial charge in [0.25, 0.3) is 0 Å². The Labute approximate surface area is 101 Å². The second kappa shape index (κ2) is 6.12. The summed E-state index contributed by atoms with van der Waals surface area (Å²) in [6.45, 7) is 0.788. The minimum absolute atomic E-state index is 0.299. The van der Waals surface area contributed by atoms with E-state index in [-0.39, 0.29) is 0 Å². The minimum Gasteiger partial charge on any atom is -0.390 e. The summed E-state index contributed by atoms with van der Waals surface area (Å²) < 4.78 is 10.7. The van der Waals surface area contributed by atoms with Gasteiger partial charge in [-0.15, -0.1) is 0 Å². The summed E-state index contributed by atoms with van der Waals surface area (Å²) in [7, 11) is 0. The van der Waals surface area contributed by atoms with Gasteiger partial charge in [0.1, 0.15) is 6.10 Å². The molecule has 1 aliphatic rings. The molecule has 3 atom stereocenters. The van der Waals surface area contributed by atoms with Crippen LogP contribution in [0, 0.1) is 0 Å². The van der Waals surface area contributed by atoms with Gasteiger partial charge in [0.2, 0.25) is 0 Å². The normalized spacial score (nSPS) is 29.2. The number of aliphatic hydroxyl groups excluding tert-OH is 2. The number of hydrogen-bond donors (Lipinski definition) is 2. The van der Waals surface area contributed by atoms with Gasteiger partial charge in [-0.3, -0.25) is 0 Å². The van der Waals surface area contributed by atoms with E-state index in [1.54, 1.807) is 0 Å². The van der Waals surface area contributed by atoms with Crippen molar-refractivity contribution in [1.82, 2.24) is 0 Å². The second-order valence-corrected chi connectivity index (χ2v) is 4.27. The van der Waals surface area contributed by atoms with Crippen LogP contribution < -0.4 is 0 Å². The molecule has 4 heteroatoms. The second-order valence-electron chi connectivity index (χ2n) is 4.27. The number of ether oxygens (including phenoxy) is 2. The summed E-state index contributed by atoms with van der Waals surface area (Å²) in [6, 6.07) is 9.82. The molecule has 1 aromatic rings. The highest BCUT2D eigenvalue weighted by Crippen LogP contribution is 2.18. The maximum Gasteiger partial charge on any atom is 0.155 e. The molecular weight excluding hydrogens is 220 g/mol. The Morgan fingerprint density at radius 1 is 1.18 bits per heavy atom. The number of benzene rings is 1. The van der Waals surface area contributed by atoms with E-state index in [0.29, 0.717) is 26.1 Å². The lowest BCUT2D eigenvalue weighted by Crippen LogP contribution is -2.41. The first kappa shape index (κ1) is 12.5. The number of rotatable bonds is 4. The lowest BCUT2D eigenvalue weighted by molar-refractivity contribution is -0.213. The molecule has 0 bridgehead atoms. The molecule has 1 aromatic carbocycles. The van der Waals surface area contributed by atoms with Gasteiger partial charge in [-0.05, 0) is 12.0 Å². The summed E-state index contributed by atoms with van der Waals surface area (Å²) in [5.41, 5.74) is 1.08. The van der Waals surface area contributed by atoms with E-state index < -0.39 is 18.5 Å². The molecule has 17 heavy (non-hydrogen) atoms. The first-order valence-electron chi connectivity index (χ1n) is 5.89. The van der Waals surface area contributed by atoms with Gasteiger partial charge in [0.15, 0.2) is 6.29 Å². The van der Waals surface area contributed by atoms with E-state index in [1.165, 1.54) is 0 Å². The average molecular weight is 238 g/mol. The fourth-order valence-corrected chi connectivity index (χ4v) is 1.88. The molecule has 0 amide bonds. The molecule has 4 nitrogen and oxygen atoms in total. The van der Waals surface area contributed by atoms with Gasteiger partial charge in [0.05, 0.1) is 19.3 Å². The zero-order chi connectivity index (χ0) is 12.1. The van der Waals surface area contributed by atoms with Gasteiger partial charge in [-0.2, -0.15) is 0 Å². The predicted octanol–water partition coefficient (Wildman–Crippen LogP) is 1.06. The molecule has 1 fully saturated rings. The van der Waals surface area contributed by atoms with Crippen molar-refractivity contribution in [3.63, 3.8) is 0 Å². The third kappa shape index (κ3) is 3.78. The van der Waals surface area contributed by atoms with Gasteiger partial charge in [-0.25, -0.2) is 0 Å². The number of hydrogen-bond acceptors (Lipinski definition) is 4. The van der Waals surface area contributed by atoms with Crippen molar-refractivity contribution >= 4 is 0 Å². The maximum absolute atomic E-state index is 9.67. The molecule has 0 aliphatic carbocycles. The third-order valence-corrected chi connectivity index (χ3v) is 2.86. The van der Waals surface area contributed by atoms with Crippen molar-refractivity contribution in [2.24, 2.45) is 0 Å². The van der Waals surface area contributed by atoms with Crippen LogP contribution in [0.1, 0.15) is 18.4 Å². The molecule has 2 N–H and O–H groups in total. The first-order chi connectivity index (χ1) is 8.25. The van der Waals surface area contributed by atoms with Crippen LogP contribution in [0.4, 0.5) is 0 Å². The first-order valence-corrected chi connectivity index (χ1v) is 5.89. The van der Waals surface area contributed by atoms with E-state index >= 15 is 0 Å². The Morgan fingerprint density at radius 2 is 1.94 bits per heavy atom. The van der Waals surface area contributed by atoms with Gasteiger partial charge in [0, 0.05) is 6.42 Å². The molecular formula is C13H18O4. The van der Waals surface area contributed by atoms with Crippen molar-refractivity contribution in [2.75, 3.05) is 6.61 Å². The van der Waals surface area contributed by atoms with Crippen molar-refractivity contribution in [3.8, 4) is 0 Å². The lowest BCUT2D eigenvalue weighted by Gasteiger charge is -2.31.